The van der Waals surface area contributed by atoms with E-state index in [0.717, 1.165) is 38.9 Å². The first-order chi connectivity index (χ1) is 9.83. The maximum absolute atomic E-state index is 5.88. The molecule has 3 heterocycles. The van der Waals surface area contributed by atoms with Crippen LogP contribution in [0.25, 0.3) is 33.1 Å². The summed E-state index contributed by atoms with van der Waals surface area (Å²) in [6.45, 7) is 1.96. The largest absolute Gasteiger partial charge is 0.459 e. The normalized spacial score (nSPS) is 11.2. The zero-order valence-electron chi connectivity index (χ0n) is 11.0. The zero-order valence-corrected chi connectivity index (χ0v) is 11.0. The van der Waals surface area contributed by atoms with Crippen LogP contribution in [0.3, 0.4) is 0 Å². The van der Waals surface area contributed by atoms with Gasteiger partial charge in [0.1, 0.15) is 11.5 Å². The van der Waals surface area contributed by atoms with Crippen LogP contribution in [0.15, 0.2) is 59.3 Å². The lowest BCUT2D eigenvalue weighted by Crippen LogP contribution is -1.87. The van der Waals surface area contributed by atoms with Crippen LogP contribution in [0, 0.1) is 6.92 Å². The summed E-state index contributed by atoms with van der Waals surface area (Å²) in [5.74, 6) is 0.897. The Morgan fingerprint density at radius 3 is 2.60 bits per heavy atom. The fourth-order valence-corrected chi connectivity index (χ4v) is 2.57. The highest BCUT2D eigenvalue weighted by Crippen LogP contribution is 2.33. The van der Waals surface area contributed by atoms with Crippen LogP contribution >= 0.6 is 0 Å². The van der Waals surface area contributed by atoms with Gasteiger partial charge in [0, 0.05) is 28.7 Å². The average Bonchev–Trinajstić information content (AvgIpc) is 2.89. The molecule has 3 aromatic heterocycles. The number of para-hydroxylation sites is 1. The van der Waals surface area contributed by atoms with Crippen LogP contribution in [0.5, 0.6) is 0 Å². The van der Waals surface area contributed by atoms with E-state index in [0.29, 0.717) is 0 Å². The van der Waals surface area contributed by atoms with Gasteiger partial charge in [0.2, 0.25) is 0 Å². The Hall–Kier alpha value is -2.68. The predicted molar refractivity (Wildman–Crippen MR) is 79.5 cm³/mol. The number of aromatic nitrogens is 2. The van der Waals surface area contributed by atoms with E-state index in [1.807, 2.05) is 37.3 Å². The molecule has 0 amide bonds. The van der Waals surface area contributed by atoms with Crippen LogP contribution in [0.1, 0.15) is 5.76 Å². The Balaban J connectivity index is 2.18. The molecule has 0 aliphatic heterocycles. The predicted octanol–water partition coefficient (Wildman–Crippen LogP) is 4.35. The third kappa shape index (κ3) is 1.60. The van der Waals surface area contributed by atoms with Crippen molar-refractivity contribution in [3.63, 3.8) is 0 Å². The van der Waals surface area contributed by atoms with Crippen molar-refractivity contribution in [2.24, 2.45) is 0 Å². The number of benzene rings is 1. The zero-order chi connectivity index (χ0) is 13.5. The second-order valence-corrected chi connectivity index (χ2v) is 4.81. The number of nitrogens with zero attached hydrogens (tertiary/aromatic N) is 2. The molecule has 0 bridgehead atoms. The van der Waals surface area contributed by atoms with Crippen molar-refractivity contribution in [1.29, 1.82) is 0 Å². The van der Waals surface area contributed by atoms with Gasteiger partial charge < -0.3 is 4.42 Å². The highest BCUT2D eigenvalue weighted by molar-refractivity contribution is 6.08. The van der Waals surface area contributed by atoms with Gasteiger partial charge in [-0.1, -0.05) is 18.2 Å². The van der Waals surface area contributed by atoms with Gasteiger partial charge in [-0.15, -0.1) is 0 Å². The molecule has 4 rings (SSSR count). The van der Waals surface area contributed by atoms with Gasteiger partial charge in [-0.05, 0) is 31.2 Å². The summed E-state index contributed by atoms with van der Waals surface area (Å²) in [6, 6.07) is 14.1. The van der Waals surface area contributed by atoms with Gasteiger partial charge in [-0.25, -0.2) is 4.98 Å². The number of hydrogen-bond donors (Lipinski definition) is 0. The van der Waals surface area contributed by atoms with Gasteiger partial charge in [0.15, 0.2) is 5.58 Å². The maximum atomic E-state index is 5.88. The van der Waals surface area contributed by atoms with Crippen molar-refractivity contribution >= 4 is 21.9 Å². The van der Waals surface area contributed by atoms with Crippen molar-refractivity contribution in [2.45, 2.75) is 6.92 Å². The average molecular weight is 260 g/mol. The standard InChI is InChI=1S/C17H12N2O/c1-11-10-14-13-4-2-3-5-15(13)19-16(17(14)20-11)12-6-8-18-9-7-12/h2-10H,1H3. The molecule has 3 heteroatoms. The Morgan fingerprint density at radius 1 is 0.950 bits per heavy atom. The molecule has 96 valence electrons. The van der Waals surface area contributed by atoms with E-state index < -0.39 is 0 Å². The van der Waals surface area contributed by atoms with Crippen molar-refractivity contribution in [3.05, 3.63) is 60.6 Å². The highest BCUT2D eigenvalue weighted by Gasteiger charge is 2.13. The minimum Gasteiger partial charge on any atom is -0.459 e. The third-order valence-electron chi connectivity index (χ3n) is 3.45. The summed E-state index contributed by atoms with van der Waals surface area (Å²) in [7, 11) is 0. The summed E-state index contributed by atoms with van der Waals surface area (Å²) >= 11 is 0. The Bertz CT molecular complexity index is 910. The minimum atomic E-state index is 0.840. The van der Waals surface area contributed by atoms with E-state index in [2.05, 4.69) is 17.1 Å². The van der Waals surface area contributed by atoms with E-state index in [1.54, 1.807) is 12.4 Å². The molecule has 0 spiro atoms. The molecule has 3 nitrogen and oxygen atoms in total. The number of rotatable bonds is 1. The lowest BCUT2D eigenvalue weighted by Gasteiger charge is -2.05. The number of hydrogen-bond acceptors (Lipinski definition) is 3. The van der Waals surface area contributed by atoms with Gasteiger partial charge in [0.05, 0.1) is 5.52 Å². The lowest BCUT2D eigenvalue weighted by atomic mass is 10.1. The van der Waals surface area contributed by atoms with Gasteiger partial charge in [-0.2, -0.15) is 0 Å². The third-order valence-corrected chi connectivity index (χ3v) is 3.45. The van der Waals surface area contributed by atoms with E-state index >= 15 is 0 Å². The summed E-state index contributed by atoms with van der Waals surface area (Å²) in [6.07, 6.45) is 3.54. The molecule has 0 aliphatic carbocycles. The summed E-state index contributed by atoms with van der Waals surface area (Å²) in [5, 5.41) is 2.23. The summed E-state index contributed by atoms with van der Waals surface area (Å²) in [5.41, 5.74) is 3.71. The van der Waals surface area contributed by atoms with E-state index in [-0.39, 0.29) is 0 Å². The second-order valence-electron chi connectivity index (χ2n) is 4.81. The summed E-state index contributed by atoms with van der Waals surface area (Å²) < 4.78 is 5.88. The first kappa shape index (κ1) is 11.2. The molecule has 0 fully saturated rings. The highest BCUT2D eigenvalue weighted by atomic mass is 16.3. The van der Waals surface area contributed by atoms with Crippen LogP contribution in [-0.2, 0) is 0 Å². The molecule has 0 atom stereocenters. The molecule has 0 saturated carbocycles. The van der Waals surface area contributed by atoms with E-state index in [4.69, 9.17) is 9.40 Å². The van der Waals surface area contributed by atoms with Gasteiger partial charge in [-0.3, -0.25) is 4.98 Å². The molecule has 0 unspecified atom stereocenters. The monoisotopic (exact) mass is 260 g/mol. The van der Waals surface area contributed by atoms with Crippen molar-refractivity contribution in [3.8, 4) is 11.3 Å². The Kier molecular flexibility index (Phi) is 2.33. The molecule has 0 radical (unpaired) electrons. The van der Waals surface area contributed by atoms with Crippen LogP contribution < -0.4 is 0 Å². The molecular formula is C17H12N2O. The molecule has 0 saturated heterocycles. The summed E-state index contributed by atoms with van der Waals surface area (Å²) in [4.78, 5) is 8.83. The molecule has 0 aliphatic rings. The number of furan rings is 1. The molecule has 0 N–H and O–H groups in total. The van der Waals surface area contributed by atoms with Crippen LogP contribution in [-0.4, -0.2) is 9.97 Å². The number of pyridine rings is 2. The molecule has 1 aromatic carbocycles. The second kappa shape index (κ2) is 4.17. The van der Waals surface area contributed by atoms with Gasteiger partial charge in [0.25, 0.3) is 0 Å². The van der Waals surface area contributed by atoms with Crippen LogP contribution in [0.4, 0.5) is 0 Å². The van der Waals surface area contributed by atoms with Crippen molar-refractivity contribution in [1.82, 2.24) is 9.97 Å². The number of fused-ring (bicyclic) bond motifs is 3. The number of aryl methyl sites for hydroxylation is 1. The fourth-order valence-electron chi connectivity index (χ4n) is 2.57. The Labute approximate surface area is 115 Å². The van der Waals surface area contributed by atoms with E-state index in [9.17, 15) is 0 Å². The molecular weight excluding hydrogens is 248 g/mol. The van der Waals surface area contributed by atoms with Crippen LogP contribution in [0.2, 0.25) is 0 Å². The first-order valence-corrected chi connectivity index (χ1v) is 6.52. The topological polar surface area (TPSA) is 38.9 Å². The lowest BCUT2D eigenvalue weighted by molar-refractivity contribution is 0.578. The SMILES string of the molecule is Cc1cc2c(o1)c(-c1ccncc1)nc1ccccc12. The maximum Gasteiger partial charge on any atom is 0.161 e. The smallest absolute Gasteiger partial charge is 0.161 e. The van der Waals surface area contributed by atoms with Crippen molar-refractivity contribution < 1.29 is 4.42 Å². The molecule has 4 aromatic rings. The minimum absolute atomic E-state index is 0.840. The van der Waals surface area contributed by atoms with Crippen molar-refractivity contribution in [2.75, 3.05) is 0 Å². The van der Waals surface area contributed by atoms with E-state index in [1.165, 1.54) is 0 Å². The fraction of sp³-hybridized carbons (Fsp3) is 0.0588. The first-order valence-electron chi connectivity index (χ1n) is 6.52. The quantitative estimate of drug-likeness (QED) is 0.510. The van der Waals surface area contributed by atoms with Gasteiger partial charge >= 0.3 is 0 Å². The molecule has 20 heavy (non-hydrogen) atoms. The Morgan fingerprint density at radius 2 is 1.75 bits per heavy atom.